The van der Waals surface area contributed by atoms with Gasteiger partial charge < -0.3 is 20.1 Å². The fourth-order valence-electron chi connectivity index (χ4n) is 1.77. The molecule has 0 spiro atoms. The third-order valence-corrected chi connectivity index (χ3v) is 2.81. The van der Waals surface area contributed by atoms with Gasteiger partial charge in [-0.2, -0.15) is 0 Å². The molecule has 0 aromatic carbocycles. The second-order valence-electron chi connectivity index (χ2n) is 4.85. The van der Waals surface area contributed by atoms with E-state index in [2.05, 4.69) is 0 Å². The van der Waals surface area contributed by atoms with E-state index in [1.54, 1.807) is 26.0 Å². The third-order valence-electron chi connectivity index (χ3n) is 2.81. The molecule has 116 valence electrons. The second kappa shape index (κ2) is 11.5. The van der Waals surface area contributed by atoms with Gasteiger partial charge in [0, 0.05) is 33.9 Å². The van der Waals surface area contributed by atoms with Crippen LogP contribution in [0.1, 0.15) is 33.1 Å². The first-order valence-electron chi connectivity index (χ1n) is 6.56. The lowest BCUT2D eigenvalue weighted by atomic mass is 9.96. The van der Waals surface area contributed by atoms with Crippen molar-refractivity contribution in [1.29, 1.82) is 0 Å². The summed E-state index contributed by atoms with van der Waals surface area (Å²) in [7, 11) is 3.43. The van der Waals surface area contributed by atoms with Crippen molar-refractivity contribution in [3.05, 3.63) is 0 Å². The van der Waals surface area contributed by atoms with Crippen LogP contribution >= 0.6 is 12.4 Å². The molecule has 1 amide bonds. The normalized spacial score (nSPS) is 13.5. The van der Waals surface area contributed by atoms with Gasteiger partial charge in [-0.3, -0.25) is 4.79 Å². The first-order valence-corrected chi connectivity index (χ1v) is 6.56. The summed E-state index contributed by atoms with van der Waals surface area (Å²) in [5.74, 6) is -0.0233. The van der Waals surface area contributed by atoms with Gasteiger partial charge in [0.2, 0.25) is 5.91 Å². The molecule has 0 saturated carbocycles. The van der Waals surface area contributed by atoms with Crippen molar-refractivity contribution < 1.29 is 14.3 Å². The predicted octanol–water partition coefficient (Wildman–Crippen LogP) is 1.44. The number of halogens is 1. The Morgan fingerprint density at radius 1 is 1.32 bits per heavy atom. The number of carbonyl (C=O) groups is 1. The summed E-state index contributed by atoms with van der Waals surface area (Å²) in [6.45, 7) is 6.28. The smallest absolute Gasteiger partial charge is 0.242 e. The molecule has 0 saturated heterocycles. The van der Waals surface area contributed by atoms with Crippen molar-refractivity contribution in [2.45, 2.75) is 38.6 Å². The third kappa shape index (κ3) is 9.21. The first-order chi connectivity index (χ1) is 8.45. The highest BCUT2D eigenvalue weighted by Crippen LogP contribution is 2.11. The van der Waals surface area contributed by atoms with Crippen molar-refractivity contribution in [1.82, 2.24) is 4.90 Å². The maximum absolute atomic E-state index is 12.0. The number of nitrogens with zero attached hydrogens (tertiary/aromatic N) is 1. The summed E-state index contributed by atoms with van der Waals surface area (Å²) in [6, 6.07) is 0. The van der Waals surface area contributed by atoms with E-state index in [-0.39, 0.29) is 18.3 Å². The van der Waals surface area contributed by atoms with Gasteiger partial charge in [0.25, 0.3) is 0 Å². The van der Waals surface area contributed by atoms with Crippen LogP contribution in [0.2, 0.25) is 0 Å². The standard InChI is InChI=1S/C13H28N2O3.ClH/c1-5-7-13(2,14)12(16)15(3)8-11-18-10-6-9-17-4;/h5-11,14H2,1-4H3;1H. The van der Waals surface area contributed by atoms with Gasteiger partial charge >= 0.3 is 0 Å². The Labute approximate surface area is 123 Å². The van der Waals surface area contributed by atoms with Gasteiger partial charge in [0.05, 0.1) is 12.1 Å². The molecule has 0 aliphatic rings. The van der Waals surface area contributed by atoms with E-state index in [1.807, 2.05) is 6.92 Å². The molecule has 0 aromatic rings. The number of ether oxygens (including phenoxy) is 2. The number of likely N-dealkylation sites (N-methyl/N-ethyl adjacent to an activating group) is 1. The van der Waals surface area contributed by atoms with Crippen LogP contribution in [0.5, 0.6) is 0 Å². The Morgan fingerprint density at radius 2 is 1.95 bits per heavy atom. The minimum absolute atomic E-state index is 0. The van der Waals surface area contributed by atoms with Crippen molar-refractivity contribution in [2.24, 2.45) is 5.73 Å². The molecule has 0 radical (unpaired) electrons. The molecule has 19 heavy (non-hydrogen) atoms. The number of carbonyl (C=O) groups excluding carboxylic acids is 1. The average Bonchev–Trinajstić information content (AvgIpc) is 2.32. The van der Waals surface area contributed by atoms with Crippen LogP contribution in [0.15, 0.2) is 0 Å². The van der Waals surface area contributed by atoms with Gasteiger partial charge in [0.15, 0.2) is 0 Å². The minimum atomic E-state index is -0.764. The lowest BCUT2D eigenvalue weighted by molar-refractivity contribution is -0.136. The lowest BCUT2D eigenvalue weighted by Gasteiger charge is -2.28. The van der Waals surface area contributed by atoms with Gasteiger partial charge in [-0.1, -0.05) is 13.3 Å². The Kier molecular flexibility index (Phi) is 12.6. The number of rotatable bonds is 10. The number of hydrogen-bond donors (Lipinski definition) is 1. The van der Waals surface area contributed by atoms with Gasteiger partial charge in [-0.25, -0.2) is 0 Å². The second-order valence-corrected chi connectivity index (χ2v) is 4.85. The van der Waals surface area contributed by atoms with Crippen molar-refractivity contribution in [3.8, 4) is 0 Å². The van der Waals surface area contributed by atoms with E-state index in [0.29, 0.717) is 32.8 Å². The molecule has 1 atom stereocenters. The van der Waals surface area contributed by atoms with E-state index in [1.165, 1.54) is 0 Å². The van der Waals surface area contributed by atoms with Crippen LogP contribution in [0.4, 0.5) is 0 Å². The lowest BCUT2D eigenvalue weighted by Crippen LogP contribution is -2.52. The minimum Gasteiger partial charge on any atom is -0.385 e. The zero-order valence-electron chi connectivity index (χ0n) is 12.6. The van der Waals surface area contributed by atoms with Crippen LogP contribution < -0.4 is 5.73 Å². The monoisotopic (exact) mass is 296 g/mol. The number of nitrogens with two attached hydrogens (primary N) is 1. The molecule has 6 heteroatoms. The van der Waals surface area contributed by atoms with E-state index in [9.17, 15) is 4.79 Å². The Hall–Kier alpha value is -0.360. The molecule has 1 unspecified atom stereocenters. The van der Waals surface area contributed by atoms with Crippen LogP contribution in [-0.2, 0) is 14.3 Å². The quantitative estimate of drug-likeness (QED) is 0.620. The van der Waals surface area contributed by atoms with Crippen LogP contribution in [0.3, 0.4) is 0 Å². The van der Waals surface area contributed by atoms with E-state index < -0.39 is 5.54 Å². The number of amides is 1. The summed E-state index contributed by atoms with van der Waals surface area (Å²) < 4.78 is 10.3. The highest BCUT2D eigenvalue weighted by atomic mass is 35.5. The highest BCUT2D eigenvalue weighted by Gasteiger charge is 2.29. The molecule has 0 bridgehead atoms. The van der Waals surface area contributed by atoms with E-state index in [0.717, 1.165) is 12.8 Å². The number of hydrogen-bond acceptors (Lipinski definition) is 4. The maximum Gasteiger partial charge on any atom is 0.242 e. The summed E-state index contributed by atoms with van der Waals surface area (Å²) in [5.41, 5.74) is 5.23. The molecule has 0 fully saturated rings. The maximum atomic E-state index is 12.0. The van der Waals surface area contributed by atoms with E-state index in [4.69, 9.17) is 15.2 Å². The fourth-order valence-corrected chi connectivity index (χ4v) is 1.77. The van der Waals surface area contributed by atoms with Crippen molar-refractivity contribution >= 4 is 18.3 Å². The van der Waals surface area contributed by atoms with Gasteiger partial charge in [-0.05, 0) is 19.8 Å². The largest absolute Gasteiger partial charge is 0.385 e. The average molecular weight is 297 g/mol. The Morgan fingerprint density at radius 3 is 2.47 bits per heavy atom. The molecule has 0 aliphatic heterocycles. The summed E-state index contributed by atoms with van der Waals surface area (Å²) in [5, 5.41) is 0. The van der Waals surface area contributed by atoms with Crippen LogP contribution in [-0.4, -0.2) is 56.9 Å². The van der Waals surface area contributed by atoms with Gasteiger partial charge in [0.1, 0.15) is 0 Å². The molecular formula is C13H29ClN2O3. The molecule has 0 rings (SSSR count). The number of methoxy groups -OCH3 is 1. The zero-order chi connectivity index (χ0) is 14.0. The molecular weight excluding hydrogens is 268 g/mol. The first kappa shape index (κ1) is 20.9. The molecule has 0 aromatic heterocycles. The SMILES string of the molecule is CCCC(C)(N)C(=O)N(C)CCOCCCOC.Cl. The highest BCUT2D eigenvalue weighted by molar-refractivity contribution is 5.85. The topological polar surface area (TPSA) is 64.8 Å². The van der Waals surface area contributed by atoms with E-state index >= 15 is 0 Å². The van der Waals surface area contributed by atoms with Gasteiger partial charge in [-0.15, -0.1) is 12.4 Å². The Bertz CT molecular complexity index is 238. The van der Waals surface area contributed by atoms with Crippen LogP contribution in [0, 0.1) is 0 Å². The fraction of sp³-hybridized carbons (Fsp3) is 0.923. The summed E-state index contributed by atoms with van der Waals surface area (Å²) >= 11 is 0. The zero-order valence-corrected chi connectivity index (χ0v) is 13.4. The molecule has 5 nitrogen and oxygen atoms in total. The molecule has 0 heterocycles. The van der Waals surface area contributed by atoms with Crippen LogP contribution in [0.25, 0.3) is 0 Å². The Balaban J connectivity index is 0. The summed E-state index contributed by atoms with van der Waals surface area (Å²) in [4.78, 5) is 13.7. The predicted molar refractivity (Wildman–Crippen MR) is 79.7 cm³/mol. The summed E-state index contributed by atoms with van der Waals surface area (Å²) in [6.07, 6.45) is 2.48. The molecule has 0 aliphatic carbocycles. The molecule has 2 N–H and O–H groups in total. The van der Waals surface area contributed by atoms with Crippen molar-refractivity contribution in [3.63, 3.8) is 0 Å². The van der Waals surface area contributed by atoms with Crippen molar-refractivity contribution in [2.75, 3.05) is 40.5 Å².